The Morgan fingerprint density at radius 1 is 0.656 bits per heavy atom. The Morgan fingerprint density at radius 2 is 1.06 bits per heavy atom. The summed E-state index contributed by atoms with van der Waals surface area (Å²) in [6, 6.07) is 20.0. The van der Waals surface area contributed by atoms with Crippen molar-refractivity contribution in [1.82, 2.24) is 14.4 Å². The van der Waals surface area contributed by atoms with Gasteiger partial charge in [-0.1, -0.05) is 48.5 Å². The van der Waals surface area contributed by atoms with Crippen LogP contribution in [0.2, 0.25) is 0 Å². The molecule has 0 bridgehead atoms. The maximum atomic E-state index is 12.5. The second kappa shape index (κ2) is 7.68. The van der Waals surface area contributed by atoms with Gasteiger partial charge in [0, 0.05) is 44.7 Å². The van der Waals surface area contributed by atoms with Crippen LogP contribution in [-0.2, 0) is 16.6 Å². The highest BCUT2D eigenvalue weighted by Gasteiger charge is 2.34. The van der Waals surface area contributed by atoms with E-state index in [9.17, 15) is 9.59 Å². The average Bonchev–Trinajstić information content (AvgIpc) is 3.17. The molecule has 0 saturated carbocycles. The molecule has 0 N–H and O–H groups in total. The normalized spacial score (nSPS) is 19.0. The molecule has 2 unspecified atom stereocenters. The van der Waals surface area contributed by atoms with Crippen molar-refractivity contribution in [2.24, 2.45) is 7.05 Å². The van der Waals surface area contributed by atoms with Crippen LogP contribution in [0.25, 0.3) is 12.2 Å². The van der Waals surface area contributed by atoms with Crippen molar-refractivity contribution in [2.75, 3.05) is 0 Å². The summed E-state index contributed by atoms with van der Waals surface area (Å²) in [5.41, 5.74) is 6.39. The molecule has 2 aliphatic rings. The average molecular weight is 424 g/mol. The van der Waals surface area contributed by atoms with Gasteiger partial charge in [-0.2, -0.15) is 0 Å². The topological polar surface area (TPSA) is 45.6 Å². The molecule has 32 heavy (non-hydrogen) atoms. The molecule has 5 rings (SSSR count). The van der Waals surface area contributed by atoms with Crippen molar-refractivity contribution >= 4 is 24.0 Å². The van der Waals surface area contributed by atoms with Crippen LogP contribution < -0.4 is 0 Å². The second-order valence-electron chi connectivity index (χ2n) is 8.29. The Morgan fingerprint density at radius 3 is 1.47 bits per heavy atom. The molecule has 0 aliphatic carbocycles. The van der Waals surface area contributed by atoms with E-state index in [4.69, 9.17) is 0 Å². The Hall–Kier alpha value is -3.86. The fraction of sp³-hybridized carbons (Fsp3) is 0.185. The first-order valence-corrected chi connectivity index (χ1v) is 10.7. The first kappa shape index (κ1) is 20.1. The molecular weight excluding hydrogens is 398 g/mol. The van der Waals surface area contributed by atoms with E-state index in [0.717, 1.165) is 33.6 Å². The SMILES string of the molecule is CC(=O)N1C=Cc2ccccc2C1c1ccc(C2c3ccccc3C=CN2C(C)=O)n1C. The molecule has 160 valence electrons. The number of rotatable bonds is 2. The number of carbonyl (C=O) groups is 2. The molecule has 0 fully saturated rings. The van der Waals surface area contributed by atoms with Gasteiger partial charge in [-0.3, -0.25) is 9.59 Å². The highest BCUT2D eigenvalue weighted by Crippen LogP contribution is 2.40. The minimum Gasteiger partial charge on any atom is -0.347 e. The molecular formula is C27H25N3O2. The maximum Gasteiger partial charge on any atom is 0.224 e. The van der Waals surface area contributed by atoms with Gasteiger partial charge >= 0.3 is 0 Å². The Balaban J connectivity index is 1.66. The zero-order valence-electron chi connectivity index (χ0n) is 18.4. The van der Waals surface area contributed by atoms with E-state index in [-0.39, 0.29) is 23.9 Å². The van der Waals surface area contributed by atoms with Crippen LogP contribution >= 0.6 is 0 Å². The fourth-order valence-electron chi connectivity index (χ4n) is 4.89. The third-order valence-electron chi connectivity index (χ3n) is 6.45. The van der Waals surface area contributed by atoms with Crippen molar-refractivity contribution in [3.63, 3.8) is 0 Å². The quantitative estimate of drug-likeness (QED) is 0.590. The summed E-state index contributed by atoms with van der Waals surface area (Å²) >= 11 is 0. The summed E-state index contributed by atoms with van der Waals surface area (Å²) in [5.74, 6) is -0.0281. The number of aromatic nitrogens is 1. The van der Waals surface area contributed by atoms with E-state index in [2.05, 4.69) is 41.0 Å². The Labute approximate surface area is 187 Å². The highest BCUT2D eigenvalue weighted by molar-refractivity contribution is 5.79. The van der Waals surface area contributed by atoms with Crippen LogP contribution in [0, 0.1) is 0 Å². The first-order valence-electron chi connectivity index (χ1n) is 10.7. The zero-order chi connectivity index (χ0) is 22.4. The molecule has 2 aromatic carbocycles. The van der Waals surface area contributed by atoms with Gasteiger partial charge in [-0.25, -0.2) is 0 Å². The van der Waals surface area contributed by atoms with E-state index in [1.54, 1.807) is 23.6 Å². The molecule has 2 aliphatic heterocycles. The van der Waals surface area contributed by atoms with Gasteiger partial charge in [0.1, 0.15) is 12.1 Å². The minimum absolute atomic E-state index is 0.0141. The third kappa shape index (κ3) is 3.09. The molecule has 0 spiro atoms. The van der Waals surface area contributed by atoms with Crippen LogP contribution in [0.15, 0.2) is 73.1 Å². The first-order chi connectivity index (χ1) is 15.5. The summed E-state index contributed by atoms with van der Waals surface area (Å²) in [5, 5.41) is 0. The van der Waals surface area contributed by atoms with Crippen molar-refractivity contribution in [2.45, 2.75) is 25.9 Å². The Bertz CT molecular complexity index is 1190. The Kier molecular flexibility index (Phi) is 4.82. The minimum atomic E-state index is -0.229. The van der Waals surface area contributed by atoms with Crippen LogP contribution in [0.3, 0.4) is 0 Å². The van der Waals surface area contributed by atoms with E-state index < -0.39 is 0 Å². The van der Waals surface area contributed by atoms with Gasteiger partial charge in [-0.15, -0.1) is 0 Å². The van der Waals surface area contributed by atoms with E-state index >= 15 is 0 Å². The molecule has 2 amide bonds. The second-order valence-corrected chi connectivity index (χ2v) is 8.29. The third-order valence-corrected chi connectivity index (χ3v) is 6.45. The largest absolute Gasteiger partial charge is 0.347 e. The number of benzene rings is 2. The van der Waals surface area contributed by atoms with E-state index in [1.807, 2.05) is 55.9 Å². The predicted molar refractivity (Wildman–Crippen MR) is 125 cm³/mol. The number of amides is 2. The van der Waals surface area contributed by atoms with Gasteiger partial charge in [0.25, 0.3) is 0 Å². The summed E-state index contributed by atoms with van der Waals surface area (Å²) in [6.45, 7) is 3.18. The highest BCUT2D eigenvalue weighted by atomic mass is 16.2. The smallest absolute Gasteiger partial charge is 0.224 e. The van der Waals surface area contributed by atoms with E-state index in [1.165, 1.54) is 0 Å². The molecule has 2 atom stereocenters. The summed E-state index contributed by atoms with van der Waals surface area (Å²) < 4.78 is 2.13. The van der Waals surface area contributed by atoms with Crippen molar-refractivity contribution in [3.05, 3.63) is 107 Å². The lowest BCUT2D eigenvalue weighted by Gasteiger charge is -2.35. The van der Waals surface area contributed by atoms with Crippen molar-refractivity contribution in [3.8, 4) is 0 Å². The number of hydrogen-bond acceptors (Lipinski definition) is 2. The van der Waals surface area contributed by atoms with Crippen LogP contribution in [0.4, 0.5) is 0 Å². The van der Waals surface area contributed by atoms with Gasteiger partial charge in [-0.05, 0) is 46.5 Å². The number of fused-ring (bicyclic) bond motifs is 2. The van der Waals surface area contributed by atoms with Gasteiger partial charge in [0.15, 0.2) is 0 Å². The number of nitrogens with zero attached hydrogens (tertiary/aromatic N) is 3. The lowest BCUT2D eigenvalue weighted by molar-refractivity contribution is -0.128. The molecule has 3 heterocycles. The standard InChI is InChI=1S/C27H25N3O2/c1-18(31)29-16-14-20-8-4-6-10-22(20)26(29)24-12-13-25(28(24)3)27-23-11-7-5-9-21(23)15-17-30(27)19(2)32/h4-17,26-27H,1-3H3. The van der Waals surface area contributed by atoms with Crippen molar-refractivity contribution < 1.29 is 9.59 Å². The predicted octanol–water partition coefficient (Wildman–Crippen LogP) is 4.87. The molecule has 1 aromatic heterocycles. The van der Waals surface area contributed by atoms with Crippen LogP contribution in [0.5, 0.6) is 0 Å². The van der Waals surface area contributed by atoms with Crippen molar-refractivity contribution in [1.29, 1.82) is 0 Å². The van der Waals surface area contributed by atoms with E-state index in [0.29, 0.717) is 0 Å². The molecule has 5 nitrogen and oxygen atoms in total. The zero-order valence-corrected chi connectivity index (χ0v) is 18.4. The number of hydrogen-bond donors (Lipinski definition) is 0. The lowest BCUT2D eigenvalue weighted by Crippen LogP contribution is -2.34. The molecule has 5 heteroatoms. The fourth-order valence-corrected chi connectivity index (χ4v) is 4.89. The molecule has 3 aromatic rings. The van der Waals surface area contributed by atoms with Crippen LogP contribution in [0.1, 0.15) is 59.6 Å². The molecule has 0 radical (unpaired) electrons. The van der Waals surface area contributed by atoms with Crippen LogP contribution in [-0.4, -0.2) is 26.2 Å². The number of carbonyl (C=O) groups excluding carboxylic acids is 2. The maximum absolute atomic E-state index is 12.5. The summed E-state index contributed by atoms with van der Waals surface area (Å²) in [4.78, 5) is 28.6. The molecule has 0 saturated heterocycles. The lowest BCUT2D eigenvalue weighted by atomic mass is 9.93. The summed E-state index contributed by atoms with van der Waals surface area (Å²) in [7, 11) is 2.02. The van der Waals surface area contributed by atoms with Gasteiger partial charge in [0.2, 0.25) is 11.8 Å². The van der Waals surface area contributed by atoms with Gasteiger partial charge in [0.05, 0.1) is 0 Å². The monoisotopic (exact) mass is 423 g/mol. The van der Waals surface area contributed by atoms with Gasteiger partial charge < -0.3 is 14.4 Å². The summed E-state index contributed by atoms with van der Waals surface area (Å²) in [6.07, 6.45) is 7.69.